The van der Waals surface area contributed by atoms with Crippen LogP contribution in [0.5, 0.6) is 11.5 Å². The third-order valence-corrected chi connectivity index (χ3v) is 6.62. The first-order valence-electron chi connectivity index (χ1n) is 10.8. The minimum atomic E-state index is 0.169. The van der Waals surface area contributed by atoms with E-state index >= 15 is 0 Å². The van der Waals surface area contributed by atoms with Crippen molar-refractivity contribution in [1.82, 2.24) is 14.5 Å². The third-order valence-electron chi connectivity index (χ3n) is 5.68. The molecule has 1 aliphatic rings. The van der Waals surface area contributed by atoms with Gasteiger partial charge < -0.3 is 18.9 Å². The van der Waals surface area contributed by atoms with Gasteiger partial charge in [0.25, 0.3) is 0 Å². The summed E-state index contributed by atoms with van der Waals surface area (Å²) in [6.45, 7) is 3.84. The van der Waals surface area contributed by atoms with Gasteiger partial charge in [0.15, 0.2) is 16.7 Å². The van der Waals surface area contributed by atoms with Crippen LogP contribution in [0.3, 0.4) is 0 Å². The molecule has 1 saturated heterocycles. The second-order valence-corrected chi connectivity index (χ2v) is 8.81. The summed E-state index contributed by atoms with van der Waals surface area (Å²) in [5.41, 5.74) is 1.91. The summed E-state index contributed by atoms with van der Waals surface area (Å²) in [7, 11) is 1.64. The molecule has 1 aliphatic heterocycles. The first-order chi connectivity index (χ1) is 15.2. The van der Waals surface area contributed by atoms with Gasteiger partial charge in [0, 0.05) is 18.3 Å². The van der Waals surface area contributed by atoms with Crippen LogP contribution in [-0.2, 0) is 11.3 Å². The van der Waals surface area contributed by atoms with Crippen LogP contribution in [0.15, 0.2) is 53.7 Å². The van der Waals surface area contributed by atoms with Gasteiger partial charge in [-0.2, -0.15) is 0 Å². The van der Waals surface area contributed by atoms with Crippen molar-refractivity contribution in [2.75, 3.05) is 26.0 Å². The predicted octanol–water partition coefficient (Wildman–Crippen LogP) is 4.62. The number of aromatic nitrogens is 2. The van der Waals surface area contributed by atoms with Crippen molar-refractivity contribution in [1.29, 1.82) is 0 Å². The van der Waals surface area contributed by atoms with E-state index in [4.69, 9.17) is 14.5 Å². The highest BCUT2D eigenvalue weighted by Crippen LogP contribution is 2.28. The SMILES string of the molecule is COc1ccccc1OCCSc1nc2ccccc2n1CC(=O)N1CCCCC1C. The van der Waals surface area contributed by atoms with E-state index in [1.165, 1.54) is 6.42 Å². The van der Waals surface area contributed by atoms with Gasteiger partial charge in [-0.3, -0.25) is 4.79 Å². The Bertz CT molecular complexity index is 1040. The van der Waals surface area contributed by atoms with Gasteiger partial charge in [-0.25, -0.2) is 4.98 Å². The fraction of sp³-hybridized carbons (Fsp3) is 0.417. The van der Waals surface area contributed by atoms with Gasteiger partial charge in [-0.1, -0.05) is 36.0 Å². The molecule has 0 spiro atoms. The van der Waals surface area contributed by atoms with Crippen LogP contribution in [0.25, 0.3) is 11.0 Å². The molecule has 4 rings (SSSR count). The number of carbonyl (C=O) groups excluding carboxylic acids is 1. The third kappa shape index (κ3) is 4.98. The van der Waals surface area contributed by atoms with Crippen molar-refractivity contribution >= 4 is 28.7 Å². The second-order valence-electron chi connectivity index (χ2n) is 7.75. The summed E-state index contributed by atoms with van der Waals surface area (Å²) < 4.78 is 13.3. The highest BCUT2D eigenvalue weighted by Gasteiger charge is 2.24. The number of carbonyl (C=O) groups is 1. The summed E-state index contributed by atoms with van der Waals surface area (Å²) in [5.74, 6) is 2.34. The van der Waals surface area contributed by atoms with Crippen LogP contribution < -0.4 is 9.47 Å². The molecule has 7 heteroatoms. The number of piperidine rings is 1. The molecule has 1 fully saturated rings. The van der Waals surface area contributed by atoms with Gasteiger partial charge in [-0.05, 0) is 50.5 Å². The van der Waals surface area contributed by atoms with Crippen LogP contribution in [0, 0.1) is 0 Å². The molecule has 0 radical (unpaired) electrons. The van der Waals surface area contributed by atoms with E-state index in [2.05, 4.69) is 6.92 Å². The number of nitrogens with zero attached hydrogens (tertiary/aromatic N) is 3. The molecule has 31 heavy (non-hydrogen) atoms. The van der Waals surface area contributed by atoms with E-state index in [-0.39, 0.29) is 5.91 Å². The number of rotatable bonds is 8. The molecule has 1 atom stereocenters. The first kappa shape index (κ1) is 21.6. The minimum absolute atomic E-state index is 0.169. The lowest BCUT2D eigenvalue weighted by Crippen LogP contribution is -2.43. The highest BCUT2D eigenvalue weighted by molar-refractivity contribution is 7.99. The number of fused-ring (bicyclic) bond motifs is 1. The van der Waals surface area contributed by atoms with Crippen molar-refractivity contribution < 1.29 is 14.3 Å². The second kappa shape index (κ2) is 10.1. The van der Waals surface area contributed by atoms with Crippen molar-refractivity contribution in [3.8, 4) is 11.5 Å². The number of benzene rings is 2. The van der Waals surface area contributed by atoms with E-state index in [9.17, 15) is 4.79 Å². The average Bonchev–Trinajstić information content (AvgIpc) is 3.14. The maximum atomic E-state index is 13.1. The number of imidazole rings is 1. The first-order valence-corrected chi connectivity index (χ1v) is 11.8. The minimum Gasteiger partial charge on any atom is -0.493 e. The number of para-hydroxylation sites is 4. The molecule has 0 bridgehead atoms. The maximum Gasteiger partial charge on any atom is 0.242 e. The zero-order valence-electron chi connectivity index (χ0n) is 18.1. The Hall–Kier alpha value is -2.67. The molecule has 1 aromatic heterocycles. The Kier molecular flexibility index (Phi) is 7.02. The van der Waals surface area contributed by atoms with Crippen molar-refractivity contribution in [3.63, 3.8) is 0 Å². The molecule has 0 aliphatic carbocycles. The van der Waals surface area contributed by atoms with E-state index in [0.717, 1.165) is 52.8 Å². The predicted molar refractivity (Wildman–Crippen MR) is 124 cm³/mol. The van der Waals surface area contributed by atoms with Crippen LogP contribution >= 0.6 is 11.8 Å². The van der Waals surface area contributed by atoms with Crippen LogP contribution in [0.1, 0.15) is 26.2 Å². The summed E-state index contributed by atoms with van der Waals surface area (Å²) in [6, 6.07) is 15.9. The Balaban J connectivity index is 1.45. The monoisotopic (exact) mass is 439 g/mol. The highest BCUT2D eigenvalue weighted by atomic mass is 32.2. The molecule has 1 unspecified atom stereocenters. The number of methoxy groups -OCH3 is 1. The lowest BCUT2D eigenvalue weighted by atomic mass is 10.0. The molecule has 3 aromatic rings. The smallest absolute Gasteiger partial charge is 0.242 e. The van der Waals surface area contributed by atoms with E-state index < -0.39 is 0 Å². The Morgan fingerprint density at radius 1 is 1.13 bits per heavy atom. The van der Waals surface area contributed by atoms with Gasteiger partial charge in [0.05, 0.1) is 24.8 Å². The number of amides is 1. The van der Waals surface area contributed by atoms with Gasteiger partial charge in [0.1, 0.15) is 6.54 Å². The lowest BCUT2D eigenvalue weighted by Gasteiger charge is -2.33. The number of hydrogen-bond donors (Lipinski definition) is 0. The van der Waals surface area contributed by atoms with E-state index in [1.807, 2.05) is 58.0 Å². The Morgan fingerprint density at radius 2 is 1.90 bits per heavy atom. The molecule has 0 N–H and O–H groups in total. The van der Waals surface area contributed by atoms with Crippen LogP contribution in [-0.4, -0.2) is 52.4 Å². The molecule has 2 aromatic carbocycles. The fourth-order valence-electron chi connectivity index (χ4n) is 4.03. The van der Waals surface area contributed by atoms with Crippen LogP contribution in [0.2, 0.25) is 0 Å². The molecule has 0 saturated carbocycles. The number of hydrogen-bond acceptors (Lipinski definition) is 5. The van der Waals surface area contributed by atoms with Crippen LogP contribution in [0.4, 0.5) is 0 Å². The number of thioether (sulfide) groups is 1. The van der Waals surface area contributed by atoms with E-state index in [0.29, 0.717) is 19.2 Å². The summed E-state index contributed by atoms with van der Waals surface area (Å²) in [6.07, 6.45) is 3.37. The summed E-state index contributed by atoms with van der Waals surface area (Å²) >= 11 is 1.61. The Labute approximate surface area is 187 Å². The zero-order chi connectivity index (χ0) is 21.6. The largest absolute Gasteiger partial charge is 0.493 e. The van der Waals surface area contributed by atoms with Gasteiger partial charge >= 0.3 is 0 Å². The molecular weight excluding hydrogens is 410 g/mol. The zero-order valence-corrected chi connectivity index (χ0v) is 18.9. The fourth-order valence-corrected chi connectivity index (χ4v) is 4.86. The molecule has 1 amide bonds. The summed E-state index contributed by atoms with van der Waals surface area (Å²) in [4.78, 5) is 19.9. The molecular formula is C24H29N3O3S. The quantitative estimate of drug-likeness (QED) is 0.379. The summed E-state index contributed by atoms with van der Waals surface area (Å²) in [5, 5.41) is 0.850. The van der Waals surface area contributed by atoms with Crippen molar-refractivity contribution in [3.05, 3.63) is 48.5 Å². The standard InChI is InChI=1S/C24H29N3O3S/c1-18-9-7-8-14-26(18)23(28)17-27-20-11-4-3-10-19(20)25-24(27)31-16-15-30-22-13-6-5-12-21(22)29-2/h3-6,10-13,18H,7-9,14-17H2,1-2H3. The maximum absolute atomic E-state index is 13.1. The topological polar surface area (TPSA) is 56.6 Å². The van der Waals surface area contributed by atoms with E-state index in [1.54, 1.807) is 18.9 Å². The van der Waals surface area contributed by atoms with Crippen molar-refractivity contribution in [2.24, 2.45) is 0 Å². The number of likely N-dealkylation sites (tertiary alicyclic amines) is 1. The van der Waals surface area contributed by atoms with Crippen molar-refractivity contribution in [2.45, 2.75) is 43.9 Å². The molecule has 164 valence electrons. The van der Waals surface area contributed by atoms with Gasteiger partial charge in [0.2, 0.25) is 5.91 Å². The lowest BCUT2D eigenvalue weighted by molar-refractivity contribution is -0.135. The van der Waals surface area contributed by atoms with Gasteiger partial charge in [-0.15, -0.1) is 0 Å². The average molecular weight is 440 g/mol. The Morgan fingerprint density at radius 3 is 2.71 bits per heavy atom. The number of ether oxygens (including phenoxy) is 2. The molecule has 6 nitrogen and oxygen atoms in total. The molecule has 2 heterocycles. The normalized spacial score (nSPS) is 16.5.